The lowest BCUT2D eigenvalue weighted by Gasteiger charge is -2.10. The number of nitrogens with zero attached hydrogens (tertiary/aromatic N) is 1. The molecular formula is C15H15ClN2O. The minimum absolute atomic E-state index is 0.121. The third-order valence-electron chi connectivity index (χ3n) is 2.94. The molecule has 3 nitrogen and oxygen atoms in total. The number of benzene rings is 1. The maximum atomic E-state index is 12.3. The number of aryl methyl sites for hydroxylation is 2. The van der Waals surface area contributed by atoms with Crippen LogP contribution >= 0.6 is 11.6 Å². The average Bonchev–Trinajstić information content (AvgIpc) is 2.41. The Morgan fingerprint density at radius 3 is 2.68 bits per heavy atom. The van der Waals surface area contributed by atoms with Crippen LogP contribution in [0.4, 0.5) is 5.69 Å². The van der Waals surface area contributed by atoms with E-state index in [-0.39, 0.29) is 5.91 Å². The molecule has 0 spiro atoms. The molecule has 0 atom stereocenters. The van der Waals surface area contributed by atoms with Crippen molar-refractivity contribution in [1.29, 1.82) is 0 Å². The number of hydrogen-bond acceptors (Lipinski definition) is 2. The second-order valence-electron chi connectivity index (χ2n) is 4.23. The zero-order chi connectivity index (χ0) is 13.8. The molecule has 0 bridgehead atoms. The standard InChI is InChI=1S/C15H15ClN2O/c1-3-11-6-4-5-7-12(11)15(19)18-13-8-9-14(16)17-10(13)2/h4-9H,3H2,1-2H3,(H,18,19). The van der Waals surface area contributed by atoms with Gasteiger partial charge in [0.25, 0.3) is 5.91 Å². The first-order chi connectivity index (χ1) is 9.11. The van der Waals surface area contributed by atoms with Crippen LogP contribution in [-0.2, 0) is 6.42 Å². The van der Waals surface area contributed by atoms with Crippen LogP contribution in [0.1, 0.15) is 28.5 Å². The van der Waals surface area contributed by atoms with Crippen molar-refractivity contribution >= 4 is 23.2 Å². The molecule has 0 saturated heterocycles. The molecule has 0 radical (unpaired) electrons. The fourth-order valence-electron chi connectivity index (χ4n) is 1.90. The summed E-state index contributed by atoms with van der Waals surface area (Å²) in [4.78, 5) is 16.4. The Hall–Kier alpha value is -1.87. The summed E-state index contributed by atoms with van der Waals surface area (Å²) in [5.74, 6) is -0.121. The molecule has 0 saturated carbocycles. The van der Waals surface area contributed by atoms with Crippen molar-refractivity contribution in [3.63, 3.8) is 0 Å². The molecule has 0 aliphatic carbocycles. The number of nitrogens with one attached hydrogen (secondary N) is 1. The van der Waals surface area contributed by atoms with Crippen molar-refractivity contribution in [1.82, 2.24) is 4.98 Å². The summed E-state index contributed by atoms with van der Waals surface area (Å²) in [6.45, 7) is 3.84. The van der Waals surface area contributed by atoms with Crippen LogP contribution in [0.3, 0.4) is 0 Å². The van der Waals surface area contributed by atoms with Gasteiger partial charge in [-0.3, -0.25) is 4.79 Å². The molecular weight excluding hydrogens is 260 g/mol. The number of carbonyl (C=O) groups is 1. The van der Waals surface area contributed by atoms with E-state index in [0.29, 0.717) is 22.1 Å². The van der Waals surface area contributed by atoms with Crippen LogP contribution in [0.2, 0.25) is 5.15 Å². The topological polar surface area (TPSA) is 42.0 Å². The van der Waals surface area contributed by atoms with Crippen molar-refractivity contribution in [3.8, 4) is 0 Å². The second kappa shape index (κ2) is 5.85. The summed E-state index contributed by atoms with van der Waals surface area (Å²) >= 11 is 5.79. The minimum Gasteiger partial charge on any atom is -0.320 e. The Kier molecular flexibility index (Phi) is 4.17. The smallest absolute Gasteiger partial charge is 0.255 e. The van der Waals surface area contributed by atoms with Crippen LogP contribution < -0.4 is 5.32 Å². The summed E-state index contributed by atoms with van der Waals surface area (Å²) < 4.78 is 0. The molecule has 0 unspecified atom stereocenters. The molecule has 2 rings (SSSR count). The van der Waals surface area contributed by atoms with E-state index in [1.54, 1.807) is 12.1 Å². The van der Waals surface area contributed by atoms with Crippen LogP contribution in [-0.4, -0.2) is 10.9 Å². The van der Waals surface area contributed by atoms with E-state index in [1.165, 1.54) is 0 Å². The molecule has 1 aromatic carbocycles. The summed E-state index contributed by atoms with van der Waals surface area (Å²) in [7, 11) is 0. The van der Waals surface area contributed by atoms with E-state index in [1.807, 2.05) is 38.1 Å². The molecule has 0 fully saturated rings. The third-order valence-corrected chi connectivity index (χ3v) is 3.15. The van der Waals surface area contributed by atoms with Gasteiger partial charge in [-0.2, -0.15) is 0 Å². The zero-order valence-electron chi connectivity index (χ0n) is 10.9. The van der Waals surface area contributed by atoms with Gasteiger partial charge in [0.15, 0.2) is 0 Å². The number of amides is 1. The zero-order valence-corrected chi connectivity index (χ0v) is 11.7. The number of aromatic nitrogens is 1. The van der Waals surface area contributed by atoms with Gasteiger partial charge in [-0.15, -0.1) is 0 Å². The van der Waals surface area contributed by atoms with Gasteiger partial charge in [-0.25, -0.2) is 4.98 Å². The Bertz CT molecular complexity index is 611. The van der Waals surface area contributed by atoms with E-state index in [0.717, 1.165) is 12.0 Å². The fraction of sp³-hybridized carbons (Fsp3) is 0.200. The lowest BCUT2D eigenvalue weighted by Crippen LogP contribution is -2.15. The van der Waals surface area contributed by atoms with Crippen molar-refractivity contribution in [2.24, 2.45) is 0 Å². The fourth-order valence-corrected chi connectivity index (χ4v) is 2.09. The van der Waals surface area contributed by atoms with Crippen LogP contribution in [0.25, 0.3) is 0 Å². The van der Waals surface area contributed by atoms with Gasteiger partial charge in [-0.1, -0.05) is 36.7 Å². The molecule has 0 aliphatic rings. The highest BCUT2D eigenvalue weighted by Gasteiger charge is 2.11. The number of anilines is 1. The van der Waals surface area contributed by atoms with Gasteiger partial charge in [0.2, 0.25) is 0 Å². The van der Waals surface area contributed by atoms with E-state index in [2.05, 4.69) is 10.3 Å². The molecule has 1 aromatic heterocycles. The van der Waals surface area contributed by atoms with Gasteiger partial charge < -0.3 is 5.32 Å². The first-order valence-electron chi connectivity index (χ1n) is 6.14. The summed E-state index contributed by atoms with van der Waals surface area (Å²) in [6, 6.07) is 11.0. The maximum absolute atomic E-state index is 12.3. The van der Waals surface area contributed by atoms with Crippen LogP contribution in [0.15, 0.2) is 36.4 Å². The summed E-state index contributed by atoms with van der Waals surface area (Å²) in [6.07, 6.45) is 0.821. The maximum Gasteiger partial charge on any atom is 0.255 e. The highest BCUT2D eigenvalue weighted by molar-refractivity contribution is 6.29. The van der Waals surface area contributed by atoms with E-state index in [9.17, 15) is 4.79 Å². The normalized spacial score (nSPS) is 10.3. The van der Waals surface area contributed by atoms with Crippen molar-refractivity contribution in [3.05, 3.63) is 58.4 Å². The van der Waals surface area contributed by atoms with E-state index >= 15 is 0 Å². The lowest BCUT2D eigenvalue weighted by atomic mass is 10.0. The Morgan fingerprint density at radius 1 is 1.26 bits per heavy atom. The van der Waals surface area contributed by atoms with Gasteiger partial charge in [0.05, 0.1) is 11.4 Å². The Morgan fingerprint density at radius 2 is 2.00 bits per heavy atom. The number of halogens is 1. The first-order valence-corrected chi connectivity index (χ1v) is 6.52. The average molecular weight is 275 g/mol. The van der Waals surface area contributed by atoms with Crippen molar-refractivity contribution in [2.45, 2.75) is 20.3 Å². The van der Waals surface area contributed by atoms with Gasteiger partial charge in [0.1, 0.15) is 5.15 Å². The predicted molar refractivity (Wildman–Crippen MR) is 77.8 cm³/mol. The number of carbonyl (C=O) groups excluding carboxylic acids is 1. The van der Waals surface area contributed by atoms with Crippen molar-refractivity contribution in [2.75, 3.05) is 5.32 Å². The van der Waals surface area contributed by atoms with Gasteiger partial charge >= 0.3 is 0 Å². The molecule has 0 aliphatic heterocycles. The molecule has 19 heavy (non-hydrogen) atoms. The van der Waals surface area contributed by atoms with Gasteiger partial charge in [-0.05, 0) is 37.1 Å². The monoisotopic (exact) mass is 274 g/mol. The Balaban J connectivity index is 2.26. The molecule has 2 aromatic rings. The summed E-state index contributed by atoms with van der Waals surface area (Å²) in [5, 5.41) is 3.29. The highest BCUT2D eigenvalue weighted by atomic mass is 35.5. The predicted octanol–water partition coefficient (Wildman–Crippen LogP) is 3.86. The highest BCUT2D eigenvalue weighted by Crippen LogP contribution is 2.18. The van der Waals surface area contributed by atoms with E-state index in [4.69, 9.17) is 11.6 Å². The van der Waals surface area contributed by atoms with Crippen LogP contribution in [0, 0.1) is 6.92 Å². The van der Waals surface area contributed by atoms with Crippen molar-refractivity contribution < 1.29 is 4.79 Å². The lowest BCUT2D eigenvalue weighted by molar-refractivity contribution is 0.102. The van der Waals surface area contributed by atoms with E-state index < -0.39 is 0 Å². The molecule has 1 heterocycles. The second-order valence-corrected chi connectivity index (χ2v) is 4.62. The first kappa shape index (κ1) is 13.6. The largest absolute Gasteiger partial charge is 0.320 e. The number of hydrogen-bond donors (Lipinski definition) is 1. The number of pyridine rings is 1. The SMILES string of the molecule is CCc1ccccc1C(=O)Nc1ccc(Cl)nc1C. The third kappa shape index (κ3) is 3.12. The molecule has 98 valence electrons. The number of rotatable bonds is 3. The minimum atomic E-state index is -0.121. The van der Waals surface area contributed by atoms with Crippen LogP contribution in [0.5, 0.6) is 0 Å². The molecule has 4 heteroatoms. The van der Waals surface area contributed by atoms with Gasteiger partial charge in [0, 0.05) is 5.56 Å². The molecule has 1 amide bonds. The summed E-state index contributed by atoms with van der Waals surface area (Å²) in [5.41, 5.74) is 3.11. The molecule has 1 N–H and O–H groups in total. The Labute approximate surface area is 117 Å². The quantitative estimate of drug-likeness (QED) is 0.864.